The van der Waals surface area contributed by atoms with Crippen LogP contribution in [0.15, 0.2) is 36.7 Å². The SMILES string of the molecule is Cc1ccc(Cl)c(Oc2ncc(/C=C/C(=O)O)cn2)c1. The van der Waals surface area contributed by atoms with Gasteiger partial charge in [-0.2, -0.15) is 0 Å². The van der Waals surface area contributed by atoms with E-state index in [1.165, 1.54) is 18.5 Å². The Balaban J connectivity index is 2.14. The molecule has 1 aromatic heterocycles. The molecule has 0 aliphatic carbocycles. The van der Waals surface area contributed by atoms with Gasteiger partial charge in [-0.05, 0) is 30.7 Å². The fourth-order valence-corrected chi connectivity index (χ4v) is 1.58. The molecule has 0 saturated carbocycles. The molecule has 0 saturated heterocycles. The van der Waals surface area contributed by atoms with Crippen LogP contribution in [0.4, 0.5) is 0 Å². The quantitative estimate of drug-likeness (QED) is 0.874. The third kappa shape index (κ3) is 3.80. The molecular weight excluding hydrogens is 280 g/mol. The van der Waals surface area contributed by atoms with Crippen LogP contribution in [-0.4, -0.2) is 21.0 Å². The van der Waals surface area contributed by atoms with Crippen molar-refractivity contribution in [2.45, 2.75) is 6.92 Å². The molecule has 0 unspecified atom stereocenters. The van der Waals surface area contributed by atoms with E-state index in [0.717, 1.165) is 11.6 Å². The number of aryl methyl sites for hydroxylation is 1. The van der Waals surface area contributed by atoms with Crippen LogP contribution in [0.2, 0.25) is 5.02 Å². The van der Waals surface area contributed by atoms with E-state index in [-0.39, 0.29) is 6.01 Å². The van der Waals surface area contributed by atoms with Crippen molar-refractivity contribution < 1.29 is 14.6 Å². The van der Waals surface area contributed by atoms with Gasteiger partial charge in [-0.15, -0.1) is 0 Å². The van der Waals surface area contributed by atoms with Crippen molar-refractivity contribution in [2.24, 2.45) is 0 Å². The maximum atomic E-state index is 10.4. The summed E-state index contributed by atoms with van der Waals surface area (Å²) in [5.74, 6) is -0.558. The lowest BCUT2D eigenvalue weighted by Crippen LogP contribution is -1.93. The summed E-state index contributed by atoms with van der Waals surface area (Å²) in [7, 11) is 0. The van der Waals surface area contributed by atoms with Crippen LogP contribution < -0.4 is 4.74 Å². The Labute approximate surface area is 120 Å². The van der Waals surface area contributed by atoms with Crippen molar-refractivity contribution in [3.05, 3.63) is 52.8 Å². The van der Waals surface area contributed by atoms with Gasteiger partial charge in [0, 0.05) is 24.0 Å². The predicted octanol–water partition coefficient (Wildman–Crippen LogP) is 3.33. The summed E-state index contributed by atoms with van der Waals surface area (Å²) in [5, 5.41) is 8.98. The predicted molar refractivity (Wildman–Crippen MR) is 75.0 cm³/mol. The number of rotatable bonds is 4. The van der Waals surface area contributed by atoms with Gasteiger partial charge in [-0.1, -0.05) is 17.7 Å². The molecule has 0 bridgehead atoms. The standard InChI is InChI=1S/C14H11ClN2O3/c1-9-2-4-11(15)12(6-9)20-14-16-7-10(8-17-14)3-5-13(18)19/h2-8H,1H3,(H,18,19)/b5-3+. The van der Waals surface area contributed by atoms with E-state index in [1.807, 2.05) is 13.0 Å². The number of hydrogen-bond acceptors (Lipinski definition) is 4. The normalized spacial score (nSPS) is 10.7. The Morgan fingerprint density at radius 3 is 2.70 bits per heavy atom. The summed E-state index contributed by atoms with van der Waals surface area (Å²) in [6.07, 6.45) is 5.33. The lowest BCUT2D eigenvalue weighted by Gasteiger charge is -2.06. The van der Waals surface area contributed by atoms with Crippen molar-refractivity contribution in [2.75, 3.05) is 0 Å². The van der Waals surface area contributed by atoms with Gasteiger partial charge < -0.3 is 9.84 Å². The molecule has 20 heavy (non-hydrogen) atoms. The van der Waals surface area contributed by atoms with Gasteiger partial charge in [0.15, 0.2) is 0 Å². The minimum Gasteiger partial charge on any atom is -0.478 e. The van der Waals surface area contributed by atoms with Crippen molar-refractivity contribution in [3.63, 3.8) is 0 Å². The number of ether oxygens (including phenoxy) is 1. The number of hydrogen-bond donors (Lipinski definition) is 1. The van der Waals surface area contributed by atoms with E-state index in [1.54, 1.807) is 12.1 Å². The van der Waals surface area contributed by atoms with E-state index < -0.39 is 5.97 Å². The van der Waals surface area contributed by atoms with E-state index >= 15 is 0 Å². The number of aliphatic carboxylic acids is 1. The van der Waals surface area contributed by atoms with Crippen LogP contribution in [0.5, 0.6) is 11.8 Å². The van der Waals surface area contributed by atoms with Gasteiger partial charge in [0.2, 0.25) is 0 Å². The van der Waals surface area contributed by atoms with Gasteiger partial charge in [0.1, 0.15) is 5.75 Å². The molecule has 0 radical (unpaired) electrons. The van der Waals surface area contributed by atoms with E-state index in [9.17, 15) is 4.79 Å². The van der Waals surface area contributed by atoms with Crippen LogP contribution in [-0.2, 0) is 4.79 Å². The van der Waals surface area contributed by atoms with Crippen molar-refractivity contribution >= 4 is 23.6 Å². The maximum absolute atomic E-state index is 10.4. The first-order chi connectivity index (χ1) is 9.54. The van der Waals surface area contributed by atoms with Crippen molar-refractivity contribution in [3.8, 4) is 11.8 Å². The van der Waals surface area contributed by atoms with Crippen molar-refractivity contribution in [1.29, 1.82) is 0 Å². The zero-order valence-electron chi connectivity index (χ0n) is 10.6. The zero-order chi connectivity index (χ0) is 14.5. The Kier molecular flexibility index (Phi) is 4.32. The second-order valence-corrected chi connectivity index (χ2v) is 4.41. The molecule has 0 aliphatic heterocycles. The number of carboxylic acids is 1. The summed E-state index contributed by atoms with van der Waals surface area (Å²) < 4.78 is 5.48. The lowest BCUT2D eigenvalue weighted by molar-refractivity contribution is -0.131. The molecule has 5 nitrogen and oxygen atoms in total. The third-order valence-electron chi connectivity index (χ3n) is 2.35. The van der Waals surface area contributed by atoms with Gasteiger partial charge in [0.25, 0.3) is 0 Å². The first kappa shape index (κ1) is 14.0. The number of aromatic nitrogens is 2. The first-order valence-electron chi connectivity index (χ1n) is 5.71. The molecule has 2 rings (SSSR count). The van der Waals surface area contributed by atoms with Gasteiger partial charge in [0.05, 0.1) is 5.02 Å². The molecule has 0 atom stereocenters. The summed E-state index contributed by atoms with van der Waals surface area (Å²) >= 11 is 6.00. The van der Waals surface area contributed by atoms with Crippen LogP contribution >= 0.6 is 11.6 Å². The van der Waals surface area contributed by atoms with Crippen LogP contribution in [0.3, 0.4) is 0 Å². The first-order valence-corrected chi connectivity index (χ1v) is 6.09. The Bertz CT molecular complexity index is 654. The van der Waals surface area contributed by atoms with Crippen LogP contribution in [0.1, 0.15) is 11.1 Å². The summed E-state index contributed by atoms with van der Waals surface area (Å²) in [6.45, 7) is 1.92. The molecule has 1 aromatic carbocycles. The minimum atomic E-state index is -1.03. The lowest BCUT2D eigenvalue weighted by atomic mass is 10.2. The van der Waals surface area contributed by atoms with E-state index in [2.05, 4.69) is 9.97 Å². The number of carbonyl (C=O) groups is 1. The van der Waals surface area contributed by atoms with Crippen molar-refractivity contribution in [1.82, 2.24) is 9.97 Å². The molecule has 2 aromatic rings. The summed E-state index contributed by atoms with van der Waals surface area (Å²) in [4.78, 5) is 18.4. The molecule has 0 spiro atoms. The molecule has 1 heterocycles. The van der Waals surface area contributed by atoms with Crippen LogP contribution in [0.25, 0.3) is 6.08 Å². The molecule has 0 amide bonds. The zero-order valence-corrected chi connectivity index (χ0v) is 11.3. The average molecular weight is 291 g/mol. The molecule has 102 valence electrons. The maximum Gasteiger partial charge on any atom is 0.328 e. The topological polar surface area (TPSA) is 72.3 Å². The molecule has 6 heteroatoms. The average Bonchev–Trinajstić information content (AvgIpc) is 2.42. The summed E-state index contributed by atoms with van der Waals surface area (Å²) in [6, 6.07) is 5.53. The second kappa shape index (κ2) is 6.16. The Hall–Kier alpha value is -2.40. The Morgan fingerprint density at radius 1 is 1.35 bits per heavy atom. The molecule has 1 N–H and O–H groups in total. The van der Waals surface area contributed by atoms with Gasteiger partial charge >= 0.3 is 12.0 Å². The van der Waals surface area contributed by atoms with Gasteiger partial charge in [-0.3, -0.25) is 0 Å². The number of halogens is 1. The number of benzene rings is 1. The molecular formula is C14H11ClN2O3. The smallest absolute Gasteiger partial charge is 0.328 e. The highest BCUT2D eigenvalue weighted by atomic mass is 35.5. The minimum absolute atomic E-state index is 0.143. The fourth-order valence-electron chi connectivity index (χ4n) is 1.42. The Morgan fingerprint density at radius 2 is 2.05 bits per heavy atom. The second-order valence-electron chi connectivity index (χ2n) is 4.01. The van der Waals surface area contributed by atoms with Crippen LogP contribution in [0, 0.1) is 6.92 Å². The number of nitrogens with zero attached hydrogens (tertiary/aromatic N) is 2. The van der Waals surface area contributed by atoms with E-state index in [4.69, 9.17) is 21.4 Å². The highest BCUT2D eigenvalue weighted by molar-refractivity contribution is 6.32. The van der Waals surface area contributed by atoms with E-state index in [0.29, 0.717) is 16.3 Å². The van der Waals surface area contributed by atoms with Gasteiger partial charge in [-0.25, -0.2) is 14.8 Å². The number of carboxylic acid groups (broad SMARTS) is 1. The molecule has 0 fully saturated rings. The highest BCUT2D eigenvalue weighted by Gasteiger charge is 2.05. The highest BCUT2D eigenvalue weighted by Crippen LogP contribution is 2.28. The fraction of sp³-hybridized carbons (Fsp3) is 0.0714. The summed E-state index contributed by atoms with van der Waals surface area (Å²) in [5.41, 5.74) is 1.57. The largest absolute Gasteiger partial charge is 0.478 e. The molecule has 0 aliphatic rings. The third-order valence-corrected chi connectivity index (χ3v) is 2.67. The monoisotopic (exact) mass is 290 g/mol.